The van der Waals surface area contributed by atoms with Crippen molar-refractivity contribution >= 4 is 6.21 Å². The van der Waals surface area contributed by atoms with Gasteiger partial charge in [0.1, 0.15) is 5.82 Å². The van der Waals surface area contributed by atoms with E-state index < -0.39 is 0 Å². The normalized spacial score (nSPS) is 10.7. The number of nitrogens with two attached hydrogens (primary N) is 1. The molecule has 0 amide bonds. The van der Waals surface area contributed by atoms with E-state index in [1.165, 1.54) is 12.3 Å². The number of hydrogen-bond acceptors (Lipinski definition) is 2. The Kier molecular flexibility index (Phi) is 2.21. The number of rotatable bonds is 1. The minimum atomic E-state index is -0.292. The zero-order valence-corrected chi connectivity index (χ0v) is 6.21. The molecule has 1 aromatic rings. The minimum absolute atomic E-state index is 0.292. The van der Waals surface area contributed by atoms with E-state index in [4.69, 9.17) is 5.84 Å². The molecule has 58 valence electrons. The van der Waals surface area contributed by atoms with Crippen LogP contribution in [0.3, 0.4) is 0 Å². The zero-order chi connectivity index (χ0) is 8.27. The molecular formula is C8H9FN2. The summed E-state index contributed by atoms with van der Waals surface area (Å²) in [5.41, 5.74) is 1.30. The molecule has 3 heteroatoms. The first-order chi connectivity index (χ1) is 5.24. The molecule has 0 saturated heterocycles. The molecule has 0 radical (unpaired) electrons. The fraction of sp³-hybridized carbons (Fsp3) is 0.125. The maximum atomic E-state index is 12.9. The van der Waals surface area contributed by atoms with Crippen molar-refractivity contribution in [2.45, 2.75) is 6.92 Å². The summed E-state index contributed by atoms with van der Waals surface area (Å²) in [5, 5.41) is 3.23. The highest BCUT2D eigenvalue weighted by atomic mass is 19.1. The topological polar surface area (TPSA) is 38.4 Å². The lowest BCUT2D eigenvalue weighted by molar-refractivity contribution is 0.624. The smallest absolute Gasteiger partial charge is 0.132 e. The first kappa shape index (κ1) is 7.72. The summed E-state index contributed by atoms with van der Waals surface area (Å²) >= 11 is 0. The second-order valence-corrected chi connectivity index (χ2v) is 2.30. The minimum Gasteiger partial charge on any atom is -0.323 e. The molecule has 0 unspecified atom stereocenters. The van der Waals surface area contributed by atoms with Gasteiger partial charge in [-0.1, -0.05) is 12.1 Å². The molecule has 0 aliphatic carbocycles. The third-order valence-corrected chi connectivity index (χ3v) is 1.37. The zero-order valence-electron chi connectivity index (χ0n) is 6.21. The van der Waals surface area contributed by atoms with Crippen LogP contribution in [0.1, 0.15) is 11.1 Å². The van der Waals surface area contributed by atoms with E-state index in [2.05, 4.69) is 5.10 Å². The number of benzene rings is 1. The van der Waals surface area contributed by atoms with Crippen LogP contribution in [0, 0.1) is 12.7 Å². The molecule has 0 saturated carbocycles. The summed E-state index contributed by atoms with van der Waals surface area (Å²) in [5.74, 6) is 4.58. The second kappa shape index (κ2) is 3.14. The first-order valence-corrected chi connectivity index (χ1v) is 3.23. The van der Waals surface area contributed by atoms with Crippen LogP contribution in [0.2, 0.25) is 0 Å². The van der Waals surface area contributed by atoms with Crippen LogP contribution in [0.15, 0.2) is 23.3 Å². The van der Waals surface area contributed by atoms with Gasteiger partial charge in [-0.25, -0.2) is 4.39 Å². The van der Waals surface area contributed by atoms with E-state index in [1.54, 1.807) is 12.1 Å². The van der Waals surface area contributed by atoms with E-state index in [1.807, 2.05) is 6.92 Å². The Balaban J connectivity index is 3.09. The van der Waals surface area contributed by atoms with Crippen molar-refractivity contribution in [1.82, 2.24) is 0 Å². The molecule has 0 atom stereocenters. The molecule has 0 bridgehead atoms. The van der Waals surface area contributed by atoms with Gasteiger partial charge in [-0.2, -0.15) is 5.10 Å². The lowest BCUT2D eigenvalue weighted by Gasteiger charge is -1.95. The molecule has 2 nitrogen and oxygen atoms in total. The molecular weight excluding hydrogens is 143 g/mol. The van der Waals surface area contributed by atoms with Gasteiger partial charge in [0.2, 0.25) is 0 Å². The number of nitrogens with zero attached hydrogens (tertiary/aromatic N) is 1. The molecule has 1 aromatic carbocycles. The van der Waals surface area contributed by atoms with Crippen LogP contribution >= 0.6 is 0 Å². The Labute approximate surface area is 64.5 Å². The van der Waals surface area contributed by atoms with Crippen molar-refractivity contribution in [2.24, 2.45) is 10.9 Å². The Morgan fingerprint density at radius 2 is 2.27 bits per heavy atom. The van der Waals surface area contributed by atoms with Gasteiger partial charge in [-0.15, -0.1) is 0 Å². The van der Waals surface area contributed by atoms with E-state index in [0.29, 0.717) is 5.56 Å². The van der Waals surface area contributed by atoms with Gasteiger partial charge in [0, 0.05) is 5.56 Å². The molecule has 0 aromatic heterocycles. The Morgan fingerprint density at radius 1 is 1.55 bits per heavy atom. The van der Waals surface area contributed by atoms with Crippen LogP contribution in [0.25, 0.3) is 0 Å². The van der Waals surface area contributed by atoms with Gasteiger partial charge in [-0.05, 0) is 18.6 Å². The van der Waals surface area contributed by atoms with E-state index in [-0.39, 0.29) is 5.82 Å². The average Bonchev–Trinajstić information content (AvgIpc) is 1.95. The Bertz CT molecular complexity index is 281. The summed E-state index contributed by atoms with van der Waals surface area (Å²) in [6.45, 7) is 1.83. The van der Waals surface area contributed by atoms with Gasteiger partial charge < -0.3 is 5.84 Å². The SMILES string of the molecule is Cc1ccc(/C=N/N)c(F)c1. The van der Waals surface area contributed by atoms with E-state index in [0.717, 1.165) is 5.56 Å². The van der Waals surface area contributed by atoms with Gasteiger partial charge in [0.05, 0.1) is 6.21 Å². The van der Waals surface area contributed by atoms with Crippen LogP contribution in [0.5, 0.6) is 0 Å². The fourth-order valence-corrected chi connectivity index (χ4v) is 0.817. The van der Waals surface area contributed by atoms with Crippen molar-refractivity contribution in [3.05, 3.63) is 35.1 Å². The molecule has 0 fully saturated rings. The lowest BCUT2D eigenvalue weighted by Crippen LogP contribution is -1.91. The van der Waals surface area contributed by atoms with E-state index in [9.17, 15) is 4.39 Å². The highest BCUT2D eigenvalue weighted by molar-refractivity contribution is 5.79. The van der Waals surface area contributed by atoms with Crippen molar-refractivity contribution in [3.63, 3.8) is 0 Å². The molecule has 0 aliphatic heterocycles. The van der Waals surface area contributed by atoms with Crippen LogP contribution < -0.4 is 5.84 Å². The summed E-state index contributed by atoms with van der Waals surface area (Å²) in [6, 6.07) is 4.89. The van der Waals surface area contributed by atoms with Crippen molar-refractivity contribution < 1.29 is 4.39 Å². The van der Waals surface area contributed by atoms with Crippen LogP contribution in [0.4, 0.5) is 4.39 Å². The lowest BCUT2D eigenvalue weighted by atomic mass is 10.1. The van der Waals surface area contributed by atoms with Gasteiger partial charge in [0.15, 0.2) is 0 Å². The molecule has 0 aliphatic rings. The summed E-state index contributed by atoms with van der Waals surface area (Å²) in [7, 11) is 0. The number of halogens is 1. The Hall–Kier alpha value is -1.38. The third-order valence-electron chi connectivity index (χ3n) is 1.37. The maximum Gasteiger partial charge on any atom is 0.132 e. The van der Waals surface area contributed by atoms with Crippen LogP contribution in [-0.4, -0.2) is 6.21 Å². The van der Waals surface area contributed by atoms with E-state index >= 15 is 0 Å². The predicted octanol–water partition coefficient (Wildman–Crippen LogP) is 1.43. The summed E-state index contributed by atoms with van der Waals surface area (Å²) in [6.07, 6.45) is 1.29. The number of aryl methyl sites for hydroxylation is 1. The molecule has 0 spiro atoms. The standard InChI is InChI=1S/C8H9FN2/c1-6-2-3-7(5-11-10)8(9)4-6/h2-5H,10H2,1H3/b11-5+. The van der Waals surface area contributed by atoms with Crippen molar-refractivity contribution in [1.29, 1.82) is 0 Å². The monoisotopic (exact) mass is 152 g/mol. The fourth-order valence-electron chi connectivity index (χ4n) is 0.817. The summed E-state index contributed by atoms with van der Waals surface area (Å²) < 4.78 is 12.9. The van der Waals surface area contributed by atoms with Gasteiger partial charge in [0.25, 0.3) is 0 Å². The highest BCUT2D eigenvalue weighted by Crippen LogP contribution is 2.06. The average molecular weight is 152 g/mol. The number of hydrogen-bond donors (Lipinski definition) is 1. The van der Waals surface area contributed by atoms with Crippen molar-refractivity contribution in [3.8, 4) is 0 Å². The third kappa shape index (κ3) is 1.77. The Morgan fingerprint density at radius 3 is 2.82 bits per heavy atom. The first-order valence-electron chi connectivity index (χ1n) is 3.23. The highest BCUT2D eigenvalue weighted by Gasteiger charge is 1.97. The van der Waals surface area contributed by atoms with Crippen LogP contribution in [-0.2, 0) is 0 Å². The molecule has 11 heavy (non-hydrogen) atoms. The summed E-state index contributed by atoms with van der Waals surface area (Å²) in [4.78, 5) is 0. The van der Waals surface area contributed by atoms with Gasteiger partial charge >= 0.3 is 0 Å². The van der Waals surface area contributed by atoms with Gasteiger partial charge in [-0.3, -0.25) is 0 Å². The molecule has 0 heterocycles. The number of hydrazone groups is 1. The molecule has 2 N–H and O–H groups in total. The largest absolute Gasteiger partial charge is 0.323 e. The van der Waals surface area contributed by atoms with Crippen molar-refractivity contribution in [2.75, 3.05) is 0 Å². The maximum absolute atomic E-state index is 12.9. The molecule has 1 rings (SSSR count). The quantitative estimate of drug-likeness (QED) is 0.369. The predicted molar refractivity (Wildman–Crippen MR) is 42.9 cm³/mol. The second-order valence-electron chi connectivity index (χ2n) is 2.30.